The number of methoxy groups -OCH3 is 1. The van der Waals surface area contributed by atoms with Crippen LogP contribution >= 0.6 is 24.0 Å². The minimum absolute atomic E-state index is 0. The molecule has 0 radical (unpaired) electrons. The van der Waals surface area contributed by atoms with E-state index in [9.17, 15) is 0 Å². The van der Waals surface area contributed by atoms with Gasteiger partial charge < -0.3 is 19.7 Å². The molecule has 0 spiro atoms. The van der Waals surface area contributed by atoms with E-state index in [1.54, 1.807) is 7.11 Å². The van der Waals surface area contributed by atoms with Crippen LogP contribution in [0.2, 0.25) is 0 Å². The van der Waals surface area contributed by atoms with Crippen molar-refractivity contribution in [3.8, 4) is 0 Å². The Morgan fingerprint density at radius 3 is 2.69 bits per heavy atom. The van der Waals surface area contributed by atoms with Crippen molar-refractivity contribution in [2.24, 2.45) is 4.99 Å². The van der Waals surface area contributed by atoms with Crippen molar-refractivity contribution in [3.63, 3.8) is 0 Å². The molecule has 0 unspecified atom stereocenters. The van der Waals surface area contributed by atoms with Gasteiger partial charge in [-0.2, -0.15) is 0 Å². The van der Waals surface area contributed by atoms with Gasteiger partial charge in [0.05, 0.1) is 6.10 Å². The molecule has 1 saturated heterocycles. The standard InChI is InChI=1S/C19H32N4O2.HI/c1-16-5-6-17(15-22-16)7-10-21-19(20-2)23-11-8-18(9-12-23)25-14-4-13-24-3;/h5-6,15,18H,4,7-14H2,1-3H3,(H,20,21);1H. The molecule has 0 bridgehead atoms. The van der Waals surface area contributed by atoms with Gasteiger partial charge in [0.15, 0.2) is 5.96 Å². The van der Waals surface area contributed by atoms with E-state index < -0.39 is 0 Å². The Labute approximate surface area is 174 Å². The molecule has 1 aliphatic heterocycles. The lowest BCUT2D eigenvalue weighted by Gasteiger charge is -2.34. The molecule has 1 aliphatic rings. The number of rotatable bonds is 8. The summed E-state index contributed by atoms with van der Waals surface area (Å²) in [5.74, 6) is 0.984. The highest BCUT2D eigenvalue weighted by molar-refractivity contribution is 14.0. The SMILES string of the molecule is CN=C(NCCc1ccc(C)nc1)N1CCC(OCCCOC)CC1.I. The molecular formula is C19H33IN4O2. The van der Waals surface area contributed by atoms with Crippen LogP contribution in [0.3, 0.4) is 0 Å². The van der Waals surface area contributed by atoms with Crippen LogP contribution in [0.15, 0.2) is 23.3 Å². The van der Waals surface area contributed by atoms with Gasteiger partial charge in [0.25, 0.3) is 0 Å². The number of nitrogens with zero attached hydrogens (tertiary/aromatic N) is 3. The molecule has 1 fully saturated rings. The van der Waals surface area contributed by atoms with E-state index in [1.807, 2.05) is 20.2 Å². The van der Waals surface area contributed by atoms with Crippen molar-refractivity contribution < 1.29 is 9.47 Å². The maximum atomic E-state index is 5.92. The van der Waals surface area contributed by atoms with Crippen molar-refractivity contribution in [2.75, 3.05) is 47.0 Å². The lowest BCUT2D eigenvalue weighted by molar-refractivity contribution is 0.00992. The van der Waals surface area contributed by atoms with Gasteiger partial charge in [-0.05, 0) is 44.2 Å². The number of guanidine groups is 1. The molecule has 0 amide bonds. The number of hydrogen-bond donors (Lipinski definition) is 1. The fourth-order valence-corrected chi connectivity index (χ4v) is 2.98. The summed E-state index contributed by atoms with van der Waals surface area (Å²) in [6.07, 6.45) is 6.33. The Bertz CT molecular complexity index is 517. The first kappa shape index (κ1) is 23.1. The molecule has 1 N–H and O–H groups in total. The lowest BCUT2D eigenvalue weighted by atomic mass is 10.1. The summed E-state index contributed by atoms with van der Waals surface area (Å²) < 4.78 is 11.0. The first-order chi connectivity index (χ1) is 12.2. The number of pyridine rings is 1. The predicted molar refractivity (Wildman–Crippen MR) is 116 cm³/mol. The van der Waals surface area contributed by atoms with Crippen molar-refractivity contribution >= 4 is 29.9 Å². The molecule has 148 valence electrons. The van der Waals surface area contributed by atoms with Gasteiger partial charge in [-0.15, -0.1) is 24.0 Å². The monoisotopic (exact) mass is 476 g/mol. The Hall–Kier alpha value is -0.930. The number of hydrogen-bond acceptors (Lipinski definition) is 4. The molecule has 0 atom stereocenters. The summed E-state index contributed by atoms with van der Waals surface area (Å²) in [7, 11) is 3.58. The molecule has 7 heteroatoms. The van der Waals surface area contributed by atoms with Gasteiger partial charge >= 0.3 is 0 Å². The van der Waals surface area contributed by atoms with Gasteiger partial charge in [0.1, 0.15) is 0 Å². The van der Waals surface area contributed by atoms with Crippen LogP contribution in [0.1, 0.15) is 30.5 Å². The average molecular weight is 476 g/mol. The smallest absolute Gasteiger partial charge is 0.193 e. The summed E-state index contributed by atoms with van der Waals surface area (Å²) in [5, 5.41) is 3.47. The number of aryl methyl sites for hydroxylation is 1. The maximum absolute atomic E-state index is 5.92. The Morgan fingerprint density at radius 2 is 2.08 bits per heavy atom. The van der Waals surface area contributed by atoms with E-state index >= 15 is 0 Å². The summed E-state index contributed by atoms with van der Waals surface area (Å²) in [6, 6.07) is 4.20. The Balaban J connectivity index is 0.00000338. The molecular weight excluding hydrogens is 443 g/mol. The highest BCUT2D eigenvalue weighted by Gasteiger charge is 2.21. The number of aromatic nitrogens is 1. The number of ether oxygens (including phenoxy) is 2. The molecule has 26 heavy (non-hydrogen) atoms. The van der Waals surface area contributed by atoms with E-state index in [0.717, 1.165) is 70.2 Å². The third kappa shape index (κ3) is 8.18. The molecule has 6 nitrogen and oxygen atoms in total. The van der Waals surface area contributed by atoms with Gasteiger partial charge in [0, 0.05) is 58.9 Å². The van der Waals surface area contributed by atoms with E-state index in [-0.39, 0.29) is 24.0 Å². The first-order valence-corrected chi connectivity index (χ1v) is 9.20. The third-order valence-electron chi connectivity index (χ3n) is 4.47. The van der Waals surface area contributed by atoms with Crippen LogP contribution in [-0.4, -0.2) is 69.0 Å². The van der Waals surface area contributed by atoms with Gasteiger partial charge in [0.2, 0.25) is 0 Å². The van der Waals surface area contributed by atoms with Crippen molar-refractivity contribution in [1.29, 1.82) is 0 Å². The Morgan fingerprint density at radius 1 is 1.31 bits per heavy atom. The van der Waals surface area contributed by atoms with E-state index in [0.29, 0.717) is 6.10 Å². The minimum Gasteiger partial charge on any atom is -0.385 e. The minimum atomic E-state index is 0. The highest BCUT2D eigenvalue weighted by Crippen LogP contribution is 2.14. The molecule has 0 aromatic carbocycles. The van der Waals surface area contributed by atoms with E-state index in [4.69, 9.17) is 9.47 Å². The summed E-state index contributed by atoms with van der Waals surface area (Å²) >= 11 is 0. The molecule has 1 aromatic rings. The third-order valence-corrected chi connectivity index (χ3v) is 4.47. The number of halogens is 1. The normalized spacial score (nSPS) is 15.7. The lowest BCUT2D eigenvalue weighted by Crippen LogP contribution is -2.47. The average Bonchev–Trinajstić information content (AvgIpc) is 2.65. The van der Waals surface area contributed by atoms with Crippen LogP contribution in [0.5, 0.6) is 0 Å². The van der Waals surface area contributed by atoms with Gasteiger partial charge in [-0.1, -0.05) is 6.07 Å². The van der Waals surface area contributed by atoms with Crippen molar-refractivity contribution in [2.45, 2.75) is 38.7 Å². The van der Waals surface area contributed by atoms with Crippen molar-refractivity contribution in [3.05, 3.63) is 29.6 Å². The fourth-order valence-electron chi connectivity index (χ4n) is 2.98. The predicted octanol–water partition coefficient (Wildman–Crippen LogP) is 2.64. The Kier molecular flexibility index (Phi) is 11.8. The summed E-state index contributed by atoms with van der Waals surface area (Å²) in [4.78, 5) is 11.1. The molecule has 2 heterocycles. The zero-order valence-corrected chi connectivity index (χ0v) is 18.6. The fraction of sp³-hybridized carbons (Fsp3) is 0.684. The highest BCUT2D eigenvalue weighted by atomic mass is 127. The van der Waals surface area contributed by atoms with Crippen LogP contribution < -0.4 is 5.32 Å². The van der Waals surface area contributed by atoms with Crippen LogP contribution in [0, 0.1) is 6.92 Å². The zero-order valence-electron chi connectivity index (χ0n) is 16.2. The van der Waals surface area contributed by atoms with Gasteiger partial charge in [-0.25, -0.2) is 0 Å². The second-order valence-electron chi connectivity index (χ2n) is 6.44. The van der Waals surface area contributed by atoms with Crippen LogP contribution in [0.4, 0.5) is 0 Å². The second kappa shape index (κ2) is 13.3. The topological polar surface area (TPSA) is 59.0 Å². The second-order valence-corrected chi connectivity index (χ2v) is 6.44. The molecule has 1 aromatic heterocycles. The number of aliphatic imine (C=N–C) groups is 1. The van der Waals surface area contributed by atoms with Crippen LogP contribution in [-0.2, 0) is 15.9 Å². The number of nitrogens with one attached hydrogen (secondary N) is 1. The summed E-state index contributed by atoms with van der Waals surface area (Å²) in [6.45, 7) is 6.41. The zero-order chi connectivity index (χ0) is 17.9. The number of piperidine rings is 1. The molecule has 0 saturated carbocycles. The molecule has 2 rings (SSSR count). The molecule has 0 aliphatic carbocycles. The maximum Gasteiger partial charge on any atom is 0.193 e. The number of likely N-dealkylation sites (tertiary alicyclic amines) is 1. The quantitative estimate of drug-likeness (QED) is 0.271. The largest absolute Gasteiger partial charge is 0.385 e. The summed E-state index contributed by atoms with van der Waals surface area (Å²) in [5.41, 5.74) is 2.30. The first-order valence-electron chi connectivity index (χ1n) is 9.20. The van der Waals surface area contributed by atoms with Crippen LogP contribution in [0.25, 0.3) is 0 Å². The van der Waals surface area contributed by atoms with Crippen molar-refractivity contribution in [1.82, 2.24) is 15.2 Å². The van der Waals surface area contributed by atoms with E-state index in [1.165, 1.54) is 5.56 Å². The van der Waals surface area contributed by atoms with Gasteiger partial charge in [-0.3, -0.25) is 9.98 Å². The van der Waals surface area contributed by atoms with E-state index in [2.05, 4.69) is 32.3 Å².